The van der Waals surface area contributed by atoms with E-state index < -0.39 is 0 Å². The fourth-order valence-electron chi connectivity index (χ4n) is 2.74. The predicted octanol–water partition coefficient (Wildman–Crippen LogP) is 5.22. The van der Waals surface area contributed by atoms with Crippen molar-refractivity contribution in [3.8, 4) is 0 Å². The van der Waals surface area contributed by atoms with Gasteiger partial charge in [-0.25, -0.2) is 0 Å². The van der Waals surface area contributed by atoms with Gasteiger partial charge >= 0.3 is 0 Å². The van der Waals surface area contributed by atoms with E-state index in [2.05, 4.69) is 69.8 Å². The standard InChI is InChI=1S/C16H10Br2N4S/c17-10-6-11-13-15(19-16(23)21-20-13)22(14(11)12(18)7-10)8-9-4-2-1-3-5-9/h1-7H,8H2,(H,19,21,23). The van der Waals surface area contributed by atoms with E-state index in [1.54, 1.807) is 0 Å². The molecule has 2 aromatic heterocycles. The highest BCUT2D eigenvalue weighted by Gasteiger charge is 2.16. The van der Waals surface area contributed by atoms with Gasteiger partial charge in [0, 0.05) is 20.9 Å². The van der Waals surface area contributed by atoms with E-state index in [0.717, 1.165) is 31.0 Å². The Labute approximate surface area is 153 Å². The fraction of sp³-hybridized carbons (Fsp3) is 0.0625. The first-order valence-electron chi connectivity index (χ1n) is 6.91. The van der Waals surface area contributed by atoms with Gasteiger partial charge in [-0.3, -0.25) is 5.10 Å². The van der Waals surface area contributed by atoms with Gasteiger partial charge < -0.3 is 4.57 Å². The molecule has 0 saturated heterocycles. The van der Waals surface area contributed by atoms with Crippen LogP contribution >= 0.6 is 44.1 Å². The van der Waals surface area contributed by atoms with Crippen molar-refractivity contribution in [1.82, 2.24) is 19.7 Å². The summed E-state index contributed by atoms with van der Waals surface area (Å²) in [4.78, 5) is 4.50. The molecule has 2 heterocycles. The molecule has 114 valence electrons. The lowest BCUT2D eigenvalue weighted by atomic mass is 10.2. The van der Waals surface area contributed by atoms with Crippen LogP contribution in [0, 0.1) is 4.77 Å². The van der Waals surface area contributed by atoms with Crippen molar-refractivity contribution in [3.63, 3.8) is 0 Å². The minimum Gasteiger partial charge on any atom is -0.318 e. The van der Waals surface area contributed by atoms with Crippen LogP contribution < -0.4 is 0 Å². The first kappa shape index (κ1) is 15.0. The van der Waals surface area contributed by atoms with Gasteiger partial charge in [0.1, 0.15) is 5.52 Å². The Morgan fingerprint density at radius 3 is 2.70 bits per heavy atom. The minimum atomic E-state index is 0.379. The molecule has 0 aliphatic rings. The van der Waals surface area contributed by atoms with Gasteiger partial charge in [0.25, 0.3) is 0 Å². The summed E-state index contributed by atoms with van der Waals surface area (Å²) in [6.45, 7) is 0.703. The summed E-state index contributed by atoms with van der Waals surface area (Å²) in [5.74, 6) is 0. The zero-order chi connectivity index (χ0) is 16.0. The summed E-state index contributed by atoms with van der Waals surface area (Å²) in [6.07, 6.45) is 0. The van der Waals surface area contributed by atoms with Gasteiger partial charge in [0.2, 0.25) is 4.77 Å². The van der Waals surface area contributed by atoms with Crippen LogP contribution in [0.3, 0.4) is 0 Å². The van der Waals surface area contributed by atoms with E-state index >= 15 is 0 Å². The number of halogens is 2. The number of hydrogen-bond donors (Lipinski definition) is 1. The maximum Gasteiger partial charge on any atom is 0.215 e. The zero-order valence-corrected chi connectivity index (χ0v) is 15.7. The monoisotopic (exact) mass is 448 g/mol. The Bertz CT molecular complexity index is 1090. The van der Waals surface area contributed by atoms with Crippen molar-refractivity contribution in [2.75, 3.05) is 0 Å². The molecular formula is C16H10Br2N4S. The quantitative estimate of drug-likeness (QED) is 0.427. The largest absolute Gasteiger partial charge is 0.318 e. The average Bonchev–Trinajstić information content (AvgIpc) is 2.82. The summed E-state index contributed by atoms with van der Waals surface area (Å²) in [7, 11) is 0. The molecule has 2 aromatic carbocycles. The van der Waals surface area contributed by atoms with Crippen molar-refractivity contribution in [1.29, 1.82) is 0 Å². The molecule has 0 spiro atoms. The van der Waals surface area contributed by atoms with Crippen molar-refractivity contribution < 1.29 is 0 Å². The second kappa shape index (κ2) is 5.81. The fourth-order valence-corrected chi connectivity index (χ4v) is 4.31. The summed E-state index contributed by atoms with van der Waals surface area (Å²) in [5.41, 5.74) is 3.85. The van der Waals surface area contributed by atoms with Crippen LogP contribution in [0.25, 0.3) is 22.1 Å². The second-order valence-corrected chi connectivity index (χ2v) is 7.33. The van der Waals surface area contributed by atoms with Gasteiger partial charge in [0.15, 0.2) is 5.65 Å². The van der Waals surface area contributed by atoms with Gasteiger partial charge in [-0.15, -0.1) is 0 Å². The van der Waals surface area contributed by atoms with Crippen LogP contribution in [0.1, 0.15) is 5.56 Å². The van der Waals surface area contributed by atoms with E-state index in [1.165, 1.54) is 5.56 Å². The molecule has 0 saturated carbocycles. The number of hydrogen-bond acceptors (Lipinski definition) is 3. The predicted molar refractivity (Wildman–Crippen MR) is 101 cm³/mol. The summed E-state index contributed by atoms with van der Waals surface area (Å²) in [5, 5.41) is 8.22. The number of aromatic amines is 1. The zero-order valence-electron chi connectivity index (χ0n) is 11.8. The molecule has 1 N–H and O–H groups in total. The van der Waals surface area contributed by atoms with Crippen molar-refractivity contribution >= 4 is 66.1 Å². The van der Waals surface area contributed by atoms with Crippen LogP contribution in [-0.4, -0.2) is 19.7 Å². The molecule has 7 heteroatoms. The highest BCUT2D eigenvalue weighted by atomic mass is 79.9. The third kappa shape index (κ3) is 2.62. The molecule has 0 fully saturated rings. The molecule has 0 aliphatic carbocycles. The van der Waals surface area contributed by atoms with Gasteiger partial charge in [-0.1, -0.05) is 46.3 Å². The highest BCUT2D eigenvalue weighted by molar-refractivity contribution is 9.11. The molecule has 4 aromatic rings. The van der Waals surface area contributed by atoms with Crippen LogP contribution in [0.2, 0.25) is 0 Å². The molecule has 0 atom stereocenters. The second-order valence-electron chi connectivity index (χ2n) is 5.17. The van der Waals surface area contributed by atoms with Gasteiger partial charge in [-0.2, -0.15) is 10.1 Å². The van der Waals surface area contributed by atoms with Crippen LogP contribution in [0.15, 0.2) is 51.4 Å². The molecule has 4 rings (SSSR count). The topological polar surface area (TPSA) is 46.5 Å². The van der Waals surface area contributed by atoms with E-state index in [4.69, 9.17) is 12.2 Å². The normalized spacial score (nSPS) is 11.4. The van der Waals surface area contributed by atoms with Crippen LogP contribution in [0.5, 0.6) is 0 Å². The maximum atomic E-state index is 5.16. The number of nitrogens with one attached hydrogen (secondary N) is 1. The number of benzene rings is 2. The highest BCUT2D eigenvalue weighted by Crippen LogP contribution is 2.34. The van der Waals surface area contributed by atoms with E-state index in [1.807, 2.05) is 24.3 Å². The Kier molecular flexibility index (Phi) is 3.79. The number of H-pyrrole nitrogens is 1. The SMILES string of the molecule is S=c1nc2c(n[nH]1)c1cc(Br)cc(Br)c1n2Cc1ccccc1. The van der Waals surface area contributed by atoms with Crippen LogP contribution in [0.4, 0.5) is 0 Å². The summed E-state index contributed by atoms with van der Waals surface area (Å²) >= 11 is 12.4. The molecule has 0 bridgehead atoms. The van der Waals surface area contributed by atoms with Crippen molar-refractivity contribution in [3.05, 3.63) is 61.7 Å². The number of aromatic nitrogens is 4. The Hall–Kier alpha value is -1.57. The lowest BCUT2D eigenvalue weighted by Crippen LogP contribution is -2.01. The van der Waals surface area contributed by atoms with E-state index in [9.17, 15) is 0 Å². The summed E-state index contributed by atoms with van der Waals surface area (Å²) < 4.78 is 4.50. The molecule has 0 amide bonds. The van der Waals surface area contributed by atoms with Crippen LogP contribution in [-0.2, 0) is 6.54 Å². The first-order valence-corrected chi connectivity index (χ1v) is 8.90. The number of rotatable bonds is 2. The van der Waals surface area contributed by atoms with Gasteiger partial charge in [-0.05, 0) is 45.8 Å². The lowest BCUT2D eigenvalue weighted by Gasteiger charge is -2.08. The van der Waals surface area contributed by atoms with E-state index in [-0.39, 0.29) is 0 Å². The average molecular weight is 450 g/mol. The molecule has 4 nitrogen and oxygen atoms in total. The van der Waals surface area contributed by atoms with Gasteiger partial charge in [0.05, 0.1) is 5.52 Å². The number of fused-ring (bicyclic) bond motifs is 3. The Balaban J connectivity index is 2.10. The third-order valence-corrected chi connectivity index (χ3v) is 4.92. The smallest absolute Gasteiger partial charge is 0.215 e. The summed E-state index contributed by atoms with van der Waals surface area (Å²) in [6, 6.07) is 14.4. The van der Waals surface area contributed by atoms with E-state index in [0.29, 0.717) is 11.3 Å². The van der Waals surface area contributed by atoms with Crippen molar-refractivity contribution in [2.45, 2.75) is 6.54 Å². The lowest BCUT2D eigenvalue weighted by molar-refractivity contribution is 0.843. The van der Waals surface area contributed by atoms with Crippen molar-refractivity contribution in [2.24, 2.45) is 0 Å². The number of nitrogens with zero attached hydrogens (tertiary/aromatic N) is 3. The molecule has 0 radical (unpaired) electrons. The first-order chi connectivity index (χ1) is 11.1. The molecule has 0 aliphatic heterocycles. The molecular weight excluding hydrogens is 440 g/mol. The molecule has 0 unspecified atom stereocenters. The Morgan fingerprint density at radius 2 is 1.91 bits per heavy atom. The Morgan fingerprint density at radius 1 is 1.13 bits per heavy atom. The minimum absolute atomic E-state index is 0.379. The molecule has 23 heavy (non-hydrogen) atoms. The third-order valence-electron chi connectivity index (χ3n) is 3.67. The maximum absolute atomic E-state index is 5.16.